The van der Waals surface area contributed by atoms with Gasteiger partial charge in [-0.2, -0.15) is 0 Å². The molecule has 0 saturated carbocycles. The summed E-state index contributed by atoms with van der Waals surface area (Å²) in [6.07, 6.45) is 3.40. The summed E-state index contributed by atoms with van der Waals surface area (Å²) in [6.45, 7) is 0. The third-order valence-corrected chi connectivity index (χ3v) is 5.83. The van der Waals surface area contributed by atoms with Crippen LogP contribution in [0.1, 0.15) is 16.7 Å². The van der Waals surface area contributed by atoms with Crippen LogP contribution in [0.4, 0.5) is 4.39 Å². The van der Waals surface area contributed by atoms with E-state index < -0.39 is 0 Å². The van der Waals surface area contributed by atoms with Gasteiger partial charge in [0.1, 0.15) is 11.6 Å². The molecule has 32 heavy (non-hydrogen) atoms. The van der Waals surface area contributed by atoms with E-state index in [0.29, 0.717) is 16.9 Å². The molecule has 0 unspecified atom stereocenters. The number of aromatic amines is 1. The van der Waals surface area contributed by atoms with Crippen LogP contribution in [-0.4, -0.2) is 29.1 Å². The Morgan fingerprint density at radius 2 is 1.66 bits per heavy atom. The second-order valence-corrected chi connectivity index (χ2v) is 7.85. The van der Waals surface area contributed by atoms with Crippen molar-refractivity contribution >= 4 is 6.21 Å². The molecule has 0 bridgehead atoms. The van der Waals surface area contributed by atoms with Gasteiger partial charge in [-0.05, 0) is 72.5 Å². The van der Waals surface area contributed by atoms with Gasteiger partial charge in [-0.15, -0.1) is 0 Å². The number of rotatable bonds is 5. The number of ether oxygens (including phenoxy) is 1. The van der Waals surface area contributed by atoms with E-state index in [1.165, 1.54) is 27.9 Å². The van der Waals surface area contributed by atoms with Crippen LogP contribution in [0, 0.1) is 5.82 Å². The average Bonchev–Trinajstić information content (AvgIpc) is 3.39. The Hall–Kier alpha value is -3.93. The Bertz CT molecular complexity index is 1310. The largest absolute Gasteiger partial charge is 0.497 e. The lowest BCUT2D eigenvalue weighted by molar-refractivity contribution is 0.415. The number of hydrogen-bond donors (Lipinski definition) is 1. The number of benzene rings is 3. The first-order valence-corrected chi connectivity index (χ1v) is 10.5. The van der Waals surface area contributed by atoms with Crippen LogP contribution in [0.2, 0.25) is 0 Å². The zero-order valence-corrected chi connectivity index (χ0v) is 17.6. The van der Waals surface area contributed by atoms with Crippen molar-refractivity contribution < 1.29 is 9.13 Å². The number of methoxy groups -OCH3 is 1. The maximum atomic E-state index is 13.4. The summed E-state index contributed by atoms with van der Waals surface area (Å²) >= 11 is 0. The van der Waals surface area contributed by atoms with Gasteiger partial charge in [-0.3, -0.25) is 14.9 Å². The first-order valence-electron chi connectivity index (χ1n) is 10.5. The summed E-state index contributed by atoms with van der Waals surface area (Å²) in [6, 6.07) is 21.7. The molecule has 5 nitrogen and oxygen atoms in total. The zero-order chi connectivity index (χ0) is 22.1. The number of aromatic nitrogens is 2. The van der Waals surface area contributed by atoms with E-state index in [1.54, 1.807) is 25.5 Å². The molecule has 6 heteroatoms. The molecule has 5 rings (SSSR count). The van der Waals surface area contributed by atoms with Gasteiger partial charge in [-0.1, -0.05) is 24.3 Å². The maximum absolute atomic E-state index is 13.4. The van der Waals surface area contributed by atoms with Gasteiger partial charge < -0.3 is 4.74 Å². The van der Waals surface area contributed by atoms with E-state index in [0.717, 1.165) is 24.2 Å². The van der Waals surface area contributed by atoms with Crippen LogP contribution in [0.15, 0.2) is 82.6 Å². The number of aliphatic imine (C=N–C) groups is 1. The molecular formula is C26H22FN3O2. The minimum atomic E-state index is -0.355. The summed E-state index contributed by atoms with van der Waals surface area (Å²) in [5, 5.41) is 3.18. The molecule has 0 aliphatic heterocycles. The monoisotopic (exact) mass is 427 g/mol. The van der Waals surface area contributed by atoms with Crippen LogP contribution in [0.3, 0.4) is 0 Å². The third-order valence-electron chi connectivity index (χ3n) is 5.83. The van der Waals surface area contributed by atoms with Gasteiger partial charge in [0, 0.05) is 11.8 Å². The number of nitrogens with zero attached hydrogens (tertiary/aromatic N) is 2. The Kier molecular flexibility index (Phi) is 5.19. The highest BCUT2D eigenvalue weighted by Gasteiger charge is 2.21. The van der Waals surface area contributed by atoms with E-state index in [4.69, 9.17) is 9.73 Å². The van der Waals surface area contributed by atoms with Gasteiger partial charge in [0.15, 0.2) is 0 Å². The predicted molar refractivity (Wildman–Crippen MR) is 124 cm³/mol. The summed E-state index contributed by atoms with van der Waals surface area (Å²) in [5.41, 5.74) is 4.89. The second-order valence-electron chi connectivity index (χ2n) is 7.85. The Labute approximate surface area is 184 Å². The lowest BCUT2D eigenvalue weighted by atomic mass is 10.1. The molecule has 1 N–H and O–H groups in total. The average molecular weight is 427 g/mol. The highest BCUT2D eigenvalue weighted by molar-refractivity contribution is 5.89. The number of fused-ring (bicyclic) bond motifs is 1. The SMILES string of the molecule is COc1ccc(-c2[nH]n(-c3ccc(F)cc3)c(=O)c2C=NC2Cc3ccccc3C2)cc1. The van der Waals surface area contributed by atoms with Gasteiger partial charge in [0.2, 0.25) is 0 Å². The minimum Gasteiger partial charge on any atom is -0.497 e. The molecule has 0 saturated heterocycles. The molecule has 160 valence electrons. The summed E-state index contributed by atoms with van der Waals surface area (Å²) in [7, 11) is 1.61. The quantitative estimate of drug-likeness (QED) is 0.475. The van der Waals surface area contributed by atoms with Crippen molar-refractivity contribution in [1.29, 1.82) is 0 Å². The first-order chi connectivity index (χ1) is 15.6. The van der Waals surface area contributed by atoms with Gasteiger partial charge in [0.05, 0.1) is 30.1 Å². The second kappa shape index (κ2) is 8.30. The molecule has 0 atom stereocenters. The molecule has 3 aromatic carbocycles. The Balaban J connectivity index is 1.55. The van der Waals surface area contributed by atoms with Crippen molar-refractivity contribution in [3.05, 3.63) is 106 Å². The van der Waals surface area contributed by atoms with E-state index in [-0.39, 0.29) is 17.4 Å². The smallest absolute Gasteiger partial charge is 0.280 e. The predicted octanol–water partition coefficient (Wildman–Crippen LogP) is 4.57. The fourth-order valence-corrected chi connectivity index (χ4v) is 4.14. The van der Waals surface area contributed by atoms with Crippen LogP contribution in [0.5, 0.6) is 5.75 Å². The van der Waals surface area contributed by atoms with Gasteiger partial charge >= 0.3 is 0 Å². The fraction of sp³-hybridized carbons (Fsp3) is 0.154. The summed E-state index contributed by atoms with van der Waals surface area (Å²) in [5.74, 6) is 0.374. The number of halogens is 1. The van der Waals surface area contributed by atoms with Crippen molar-refractivity contribution in [2.45, 2.75) is 18.9 Å². The molecule has 0 amide bonds. The lowest BCUT2D eigenvalue weighted by Gasteiger charge is -2.04. The van der Waals surface area contributed by atoms with E-state index in [2.05, 4.69) is 17.2 Å². The minimum absolute atomic E-state index is 0.102. The molecule has 1 aliphatic carbocycles. The molecule has 1 heterocycles. The van der Waals surface area contributed by atoms with Crippen molar-refractivity contribution in [3.8, 4) is 22.7 Å². The fourth-order valence-electron chi connectivity index (χ4n) is 4.14. The number of H-pyrrole nitrogens is 1. The third kappa shape index (κ3) is 3.75. The Morgan fingerprint density at radius 1 is 1.00 bits per heavy atom. The van der Waals surface area contributed by atoms with Crippen LogP contribution in [0.25, 0.3) is 16.9 Å². The molecule has 0 radical (unpaired) electrons. The van der Waals surface area contributed by atoms with Crippen molar-refractivity contribution in [3.63, 3.8) is 0 Å². The lowest BCUT2D eigenvalue weighted by Crippen LogP contribution is -2.17. The maximum Gasteiger partial charge on any atom is 0.280 e. The van der Waals surface area contributed by atoms with Crippen molar-refractivity contribution in [1.82, 2.24) is 9.78 Å². The molecule has 0 spiro atoms. The normalized spacial score (nSPS) is 13.6. The summed E-state index contributed by atoms with van der Waals surface area (Å²) < 4.78 is 20.1. The first kappa shape index (κ1) is 20.0. The highest BCUT2D eigenvalue weighted by atomic mass is 19.1. The van der Waals surface area contributed by atoms with Crippen molar-refractivity contribution in [2.24, 2.45) is 4.99 Å². The number of nitrogens with one attached hydrogen (secondary N) is 1. The molecule has 4 aromatic rings. The summed E-state index contributed by atoms with van der Waals surface area (Å²) in [4.78, 5) is 18.1. The topological polar surface area (TPSA) is 59.4 Å². The standard InChI is InChI=1S/C26H22FN3O2/c1-32-23-12-6-17(7-13-23)25-24(16-28-21-14-18-4-2-3-5-19(18)15-21)26(31)30(29-25)22-10-8-20(27)9-11-22/h2-13,16,21,29H,14-15H2,1H3. The van der Waals surface area contributed by atoms with E-state index in [9.17, 15) is 9.18 Å². The zero-order valence-electron chi connectivity index (χ0n) is 17.6. The molecule has 0 fully saturated rings. The Morgan fingerprint density at radius 3 is 2.28 bits per heavy atom. The molecular weight excluding hydrogens is 405 g/mol. The van der Waals surface area contributed by atoms with E-state index >= 15 is 0 Å². The highest BCUT2D eigenvalue weighted by Crippen LogP contribution is 2.25. The van der Waals surface area contributed by atoms with Crippen molar-refractivity contribution in [2.75, 3.05) is 7.11 Å². The van der Waals surface area contributed by atoms with Crippen LogP contribution < -0.4 is 10.3 Å². The molecule has 1 aliphatic rings. The van der Waals surface area contributed by atoms with E-state index in [1.807, 2.05) is 36.4 Å². The van der Waals surface area contributed by atoms with Crippen LogP contribution >= 0.6 is 0 Å². The van der Waals surface area contributed by atoms with Crippen LogP contribution in [-0.2, 0) is 12.8 Å². The number of hydrogen-bond acceptors (Lipinski definition) is 3. The van der Waals surface area contributed by atoms with Gasteiger partial charge in [0.25, 0.3) is 5.56 Å². The van der Waals surface area contributed by atoms with Gasteiger partial charge in [-0.25, -0.2) is 9.07 Å². The molecule has 1 aromatic heterocycles.